The van der Waals surface area contributed by atoms with Gasteiger partial charge in [0.05, 0.1) is 28.5 Å². The molecule has 180 valence electrons. The van der Waals surface area contributed by atoms with Crippen LogP contribution in [0.25, 0.3) is 6.08 Å². The third kappa shape index (κ3) is 5.17. The number of nitrogens with zero attached hydrogens (tertiary/aromatic N) is 2. The van der Waals surface area contributed by atoms with Gasteiger partial charge < -0.3 is 9.47 Å². The number of fused-ring (bicyclic) bond motifs is 1. The van der Waals surface area contributed by atoms with Gasteiger partial charge in [0.25, 0.3) is 5.56 Å². The van der Waals surface area contributed by atoms with Crippen LogP contribution in [-0.2, 0) is 14.3 Å². The molecule has 0 N–H and O–H groups in total. The quantitative estimate of drug-likeness (QED) is 0.337. The van der Waals surface area contributed by atoms with E-state index in [2.05, 4.69) is 20.9 Å². The molecule has 0 saturated carbocycles. The van der Waals surface area contributed by atoms with Crippen LogP contribution in [0.2, 0.25) is 5.02 Å². The Morgan fingerprint density at radius 1 is 1.23 bits per heavy atom. The monoisotopic (exact) mass is 574 g/mol. The van der Waals surface area contributed by atoms with Crippen molar-refractivity contribution in [3.63, 3.8) is 0 Å². The molecule has 0 fully saturated rings. The summed E-state index contributed by atoms with van der Waals surface area (Å²) in [5.41, 5.74) is 1.67. The van der Waals surface area contributed by atoms with E-state index < -0.39 is 18.0 Å². The first-order valence-electron chi connectivity index (χ1n) is 10.6. The van der Waals surface area contributed by atoms with Gasteiger partial charge in [0.1, 0.15) is 5.75 Å². The average Bonchev–Trinajstić information content (AvgIpc) is 3.09. The molecule has 0 radical (unpaired) electrons. The van der Waals surface area contributed by atoms with Gasteiger partial charge >= 0.3 is 11.9 Å². The molecule has 1 aliphatic rings. The lowest BCUT2D eigenvalue weighted by Gasteiger charge is -2.24. The fraction of sp³-hybridized carbons (Fsp3) is 0.200. The summed E-state index contributed by atoms with van der Waals surface area (Å²) in [6.45, 7) is 4.94. The number of carbonyl (C=O) groups excluding carboxylic acids is 2. The molecule has 10 heteroatoms. The van der Waals surface area contributed by atoms with Gasteiger partial charge in [-0.25, -0.2) is 9.79 Å². The van der Waals surface area contributed by atoms with Crippen molar-refractivity contribution in [2.45, 2.75) is 26.8 Å². The molecule has 1 aromatic heterocycles. The number of aromatic nitrogens is 1. The van der Waals surface area contributed by atoms with E-state index in [0.717, 1.165) is 4.47 Å². The molecule has 4 rings (SSSR count). The maximum Gasteiger partial charge on any atom is 0.338 e. The summed E-state index contributed by atoms with van der Waals surface area (Å²) >= 11 is 10.7. The summed E-state index contributed by atoms with van der Waals surface area (Å²) in [4.78, 5) is 43.2. The van der Waals surface area contributed by atoms with Crippen LogP contribution in [0.3, 0.4) is 0 Å². The number of allylic oxidation sites excluding steroid dienone is 1. The van der Waals surface area contributed by atoms with E-state index in [0.29, 0.717) is 36.9 Å². The van der Waals surface area contributed by atoms with E-state index in [-0.39, 0.29) is 17.7 Å². The van der Waals surface area contributed by atoms with Crippen molar-refractivity contribution in [3.05, 3.63) is 94.0 Å². The van der Waals surface area contributed by atoms with Gasteiger partial charge in [-0.15, -0.1) is 0 Å². The highest BCUT2D eigenvalue weighted by Crippen LogP contribution is 2.31. The molecule has 3 aromatic rings. The Morgan fingerprint density at radius 2 is 1.94 bits per heavy atom. The molecule has 35 heavy (non-hydrogen) atoms. The lowest BCUT2D eigenvalue weighted by atomic mass is 9.96. The minimum absolute atomic E-state index is 0.190. The zero-order chi connectivity index (χ0) is 25.3. The first-order valence-corrected chi connectivity index (χ1v) is 12.6. The van der Waals surface area contributed by atoms with Crippen molar-refractivity contribution in [3.8, 4) is 5.75 Å². The molecular formula is C25H20BrClN2O5S. The Morgan fingerprint density at radius 3 is 2.60 bits per heavy atom. The van der Waals surface area contributed by atoms with E-state index in [1.807, 2.05) is 0 Å². The Balaban J connectivity index is 1.96. The first-order chi connectivity index (χ1) is 16.7. The van der Waals surface area contributed by atoms with Gasteiger partial charge in [0.15, 0.2) is 4.80 Å². The molecule has 2 aromatic carbocycles. The van der Waals surface area contributed by atoms with E-state index in [9.17, 15) is 14.4 Å². The SMILES string of the molecule is CCOC(=O)C1=C(C)N=c2s/c(=C\c3cc(Br)ccc3OC(C)=O)c(=O)n2[C@@H]1c1ccc(Cl)cc1. The second-order valence-corrected chi connectivity index (χ2v) is 9.99. The normalized spacial score (nSPS) is 15.5. The maximum absolute atomic E-state index is 13.7. The zero-order valence-electron chi connectivity index (χ0n) is 19.0. The molecule has 0 unspecified atom stereocenters. The largest absolute Gasteiger partial charge is 0.463 e. The van der Waals surface area contributed by atoms with Gasteiger partial charge in [0.2, 0.25) is 0 Å². The molecule has 0 saturated heterocycles. The molecule has 2 heterocycles. The molecule has 1 atom stereocenters. The van der Waals surface area contributed by atoms with Crippen LogP contribution in [-0.4, -0.2) is 23.1 Å². The summed E-state index contributed by atoms with van der Waals surface area (Å²) in [6.07, 6.45) is 1.65. The molecule has 0 amide bonds. The van der Waals surface area contributed by atoms with Gasteiger partial charge in [-0.3, -0.25) is 14.2 Å². The van der Waals surface area contributed by atoms with Crippen molar-refractivity contribution >= 4 is 56.9 Å². The van der Waals surface area contributed by atoms with Crippen LogP contribution in [0.15, 0.2) is 68.0 Å². The van der Waals surface area contributed by atoms with Crippen LogP contribution in [0.1, 0.15) is 37.9 Å². The average molecular weight is 576 g/mol. The summed E-state index contributed by atoms with van der Waals surface area (Å²) in [7, 11) is 0. The topological polar surface area (TPSA) is 87.0 Å². The fourth-order valence-electron chi connectivity index (χ4n) is 3.77. The lowest BCUT2D eigenvalue weighted by molar-refractivity contribution is -0.139. The van der Waals surface area contributed by atoms with Crippen LogP contribution in [0.5, 0.6) is 5.75 Å². The number of thiazole rings is 1. The fourth-order valence-corrected chi connectivity index (χ4v) is 5.32. The predicted molar refractivity (Wildman–Crippen MR) is 137 cm³/mol. The van der Waals surface area contributed by atoms with Crippen molar-refractivity contribution in [1.29, 1.82) is 0 Å². The van der Waals surface area contributed by atoms with Gasteiger partial charge in [-0.1, -0.05) is 51.0 Å². The number of ether oxygens (including phenoxy) is 2. The molecule has 7 nitrogen and oxygen atoms in total. The van der Waals surface area contributed by atoms with Crippen LogP contribution < -0.4 is 19.6 Å². The molecule has 0 aliphatic carbocycles. The van der Waals surface area contributed by atoms with Crippen LogP contribution in [0.4, 0.5) is 0 Å². The molecule has 0 spiro atoms. The number of hydrogen-bond acceptors (Lipinski definition) is 7. The number of rotatable bonds is 5. The van der Waals surface area contributed by atoms with Gasteiger partial charge in [-0.2, -0.15) is 0 Å². The smallest absolute Gasteiger partial charge is 0.338 e. The summed E-state index contributed by atoms with van der Waals surface area (Å²) in [5, 5.41) is 0.534. The second kappa shape index (κ2) is 10.3. The van der Waals surface area contributed by atoms with E-state index in [4.69, 9.17) is 21.1 Å². The predicted octanol–water partition coefficient (Wildman–Crippen LogP) is 4.14. The molecule has 1 aliphatic heterocycles. The van der Waals surface area contributed by atoms with Crippen LogP contribution in [0, 0.1) is 0 Å². The standard InChI is InChI=1S/C25H20BrClN2O5S/c1-4-33-24(32)21-13(2)28-25-29(22(21)15-5-8-18(27)9-6-15)23(31)20(35-25)12-16-11-17(26)7-10-19(16)34-14(3)30/h5-12,22H,4H2,1-3H3/b20-12-/t22-/m1/s1. The van der Waals surface area contributed by atoms with Crippen molar-refractivity contribution in [2.24, 2.45) is 4.99 Å². The van der Waals surface area contributed by atoms with Crippen LogP contribution >= 0.6 is 38.9 Å². The first kappa shape index (κ1) is 25.1. The Bertz CT molecular complexity index is 1540. The number of benzene rings is 2. The van der Waals surface area contributed by atoms with E-state index >= 15 is 0 Å². The summed E-state index contributed by atoms with van der Waals surface area (Å²) in [6, 6.07) is 11.4. The number of hydrogen-bond donors (Lipinski definition) is 0. The van der Waals surface area contributed by atoms with Crippen molar-refractivity contribution < 1.29 is 19.1 Å². The maximum atomic E-state index is 13.7. The zero-order valence-corrected chi connectivity index (χ0v) is 22.2. The number of halogens is 2. The molecule has 0 bridgehead atoms. The van der Waals surface area contributed by atoms with Crippen molar-refractivity contribution in [1.82, 2.24) is 4.57 Å². The Labute approximate surface area is 218 Å². The highest BCUT2D eigenvalue weighted by Gasteiger charge is 2.33. The minimum atomic E-state index is -0.736. The third-order valence-electron chi connectivity index (χ3n) is 5.21. The Kier molecular flexibility index (Phi) is 7.39. The summed E-state index contributed by atoms with van der Waals surface area (Å²) < 4.78 is 13.2. The highest BCUT2D eigenvalue weighted by atomic mass is 79.9. The minimum Gasteiger partial charge on any atom is -0.463 e. The van der Waals surface area contributed by atoms with Gasteiger partial charge in [-0.05, 0) is 55.8 Å². The Hall–Kier alpha value is -3.01. The van der Waals surface area contributed by atoms with Crippen molar-refractivity contribution in [2.75, 3.05) is 6.61 Å². The highest BCUT2D eigenvalue weighted by molar-refractivity contribution is 9.10. The number of esters is 2. The van der Waals surface area contributed by atoms with E-state index in [1.54, 1.807) is 62.4 Å². The third-order valence-corrected chi connectivity index (χ3v) is 6.94. The second-order valence-electron chi connectivity index (χ2n) is 7.63. The van der Waals surface area contributed by atoms with Gasteiger partial charge in [0, 0.05) is 22.0 Å². The lowest BCUT2D eigenvalue weighted by Crippen LogP contribution is -2.39. The molecular weight excluding hydrogens is 556 g/mol. The summed E-state index contributed by atoms with van der Waals surface area (Å²) in [5.74, 6) is -0.683. The number of carbonyl (C=O) groups is 2. The van der Waals surface area contributed by atoms with E-state index in [1.165, 1.54) is 22.8 Å².